The van der Waals surface area contributed by atoms with Crippen molar-refractivity contribution in [2.75, 3.05) is 0 Å². The van der Waals surface area contributed by atoms with Crippen molar-refractivity contribution >= 4 is 35.6 Å². The molecule has 0 saturated heterocycles. The number of nitrogens with one attached hydrogen (secondary N) is 3. The van der Waals surface area contributed by atoms with Crippen LogP contribution in [0.1, 0.15) is 84.5 Å². The molecule has 0 aromatic carbocycles. The van der Waals surface area contributed by atoms with Gasteiger partial charge in [0.25, 0.3) is 0 Å². The number of unbranched alkanes of at least 4 members (excludes halogenated alkanes) is 4. The summed E-state index contributed by atoms with van der Waals surface area (Å²) < 4.78 is 7.95. The number of carboxylic acid groups (broad SMARTS) is 2. The average molecular weight is 517 g/mol. The first-order valence-electron chi connectivity index (χ1n) is 12.7. The molecule has 13 nitrogen and oxygen atoms in total. The van der Waals surface area contributed by atoms with E-state index in [0.29, 0.717) is 6.42 Å². The molecule has 9 N–H and O–H groups in total. The lowest BCUT2D eigenvalue weighted by molar-refractivity contribution is -0.143. The molecular weight excluding hydrogens is 474 g/mol. The Morgan fingerprint density at radius 1 is 0.806 bits per heavy atom. The first-order valence-corrected chi connectivity index (χ1v) is 12.2. The van der Waals surface area contributed by atoms with E-state index in [4.69, 9.17) is 12.9 Å². The monoisotopic (exact) mass is 516 g/mol. The van der Waals surface area contributed by atoms with E-state index in [9.17, 15) is 39.0 Å². The van der Waals surface area contributed by atoms with E-state index in [1.54, 1.807) is 0 Å². The van der Waals surface area contributed by atoms with Gasteiger partial charge in [0, 0.05) is 12.8 Å². The number of carboxylic acids is 2. The van der Waals surface area contributed by atoms with Gasteiger partial charge in [-0.2, -0.15) is 0 Å². The summed E-state index contributed by atoms with van der Waals surface area (Å²) in [6.07, 6.45) is 4.24. The van der Waals surface area contributed by atoms with E-state index in [2.05, 4.69) is 17.6 Å². The van der Waals surface area contributed by atoms with Crippen molar-refractivity contribution in [3.63, 3.8) is 0 Å². The van der Waals surface area contributed by atoms with Crippen molar-refractivity contribution in [3.8, 4) is 0 Å². The summed E-state index contributed by atoms with van der Waals surface area (Å²) in [7, 11) is 0. The molecule has 206 valence electrons. The van der Waals surface area contributed by atoms with Crippen LogP contribution in [-0.4, -0.2) is 69.9 Å². The Kier molecular flexibility index (Phi) is 15.5. The van der Waals surface area contributed by atoms with Crippen LogP contribution in [0.15, 0.2) is 0 Å². The molecule has 0 rings (SSSR count). The van der Waals surface area contributed by atoms with Crippen LogP contribution >= 0.6 is 0 Å². The normalized spacial score (nSPS) is 14.5. The van der Waals surface area contributed by atoms with Crippen LogP contribution in [0.2, 0.25) is 1.41 Å². The Balaban J connectivity index is 4.79. The number of hydrogen-bond donors (Lipinski definition) is 7. The molecule has 2 unspecified atom stereocenters. The zero-order valence-electron chi connectivity index (χ0n) is 22.0. The molecule has 0 aromatic rings. The maximum atomic E-state index is 12.5. The molecule has 4 atom stereocenters. The quantitative estimate of drug-likeness (QED) is 0.106. The third-order valence-corrected chi connectivity index (χ3v) is 5.47. The van der Waals surface area contributed by atoms with Gasteiger partial charge >= 0.3 is 11.9 Å². The highest BCUT2D eigenvalue weighted by Crippen LogP contribution is 2.07. The van der Waals surface area contributed by atoms with Gasteiger partial charge < -0.3 is 37.6 Å². The van der Waals surface area contributed by atoms with Crippen LogP contribution < -0.4 is 27.4 Å². The van der Waals surface area contributed by atoms with Crippen molar-refractivity contribution in [2.45, 2.75) is 109 Å². The minimum Gasteiger partial charge on any atom is -0.480 e. The molecule has 0 heterocycles. The molecule has 0 spiro atoms. The number of carbonyl (C=O) groups is 6. The van der Waals surface area contributed by atoms with Crippen molar-refractivity contribution < 1.29 is 40.4 Å². The van der Waals surface area contributed by atoms with Gasteiger partial charge in [0.05, 0.1) is 6.04 Å². The van der Waals surface area contributed by atoms with E-state index in [1.807, 2.05) is 0 Å². The predicted octanol–water partition coefficient (Wildman–Crippen LogP) is -0.246. The first-order chi connectivity index (χ1) is 17.3. The van der Waals surface area contributed by atoms with E-state index >= 15 is 0 Å². The zero-order chi connectivity index (χ0) is 28.5. The second-order valence-corrected chi connectivity index (χ2v) is 8.71. The topological polar surface area (TPSA) is 231 Å². The van der Waals surface area contributed by atoms with Gasteiger partial charge in [-0.15, -0.1) is 0 Å². The summed E-state index contributed by atoms with van der Waals surface area (Å²) in [4.78, 5) is 70.8. The van der Waals surface area contributed by atoms with E-state index in [0.717, 1.165) is 25.7 Å². The zero-order valence-corrected chi connectivity index (χ0v) is 21.0. The van der Waals surface area contributed by atoms with Crippen LogP contribution in [0.5, 0.6) is 0 Å². The Bertz CT molecular complexity index is 797. The number of carbonyl (C=O) groups excluding carboxylic acids is 4. The fraction of sp³-hybridized carbons (Fsp3) is 0.739. The molecule has 0 aliphatic carbocycles. The third kappa shape index (κ3) is 14.9. The number of nitrogens with two attached hydrogens (primary N) is 2. The minimum absolute atomic E-state index is 0.0384. The smallest absolute Gasteiger partial charge is 0.326 e. The Morgan fingerprint density at radius 2 is 1.39 bits per heavy atom. The highest BCUT2D eigenvalue weighted by Gasteiger charge is 2.26. The molecule has 0 aromatic heterocycles. The summed E-state index contributed by atoms with van der Waals surface area (Å²) in [5.41, 5.74) is 10.5. The maximum Gasteiger partial charge on any atom is 0.326 e. The lowest BCUT2D eigenvalue weighted by Crippen LogP contribution is -2.50. The molecule has 13 heteroatoms. The highest BCUT2D eigenvalue weighted by molar-refractivity contribution is 5.90. The van der Waals surface area contributed by atoms with Gasteiger partial charge in [-0.25, -0.2) is 9.59 Å². The largest absolute Gasteiger partial charge is 0.480 e. The fourth-order valence-electron chi connectivity index (χ4n) is 3.25. The molecule has 0 fully saturated rings. The summed E-state index contributed by atoms with van der Waals surface area (Å²) in [6, 6.07) is -5.08. The Hall–Kier alpha value is -3.22. The molecular formula is C23H41N5O8. The Labute approximate surface area is 212 Å². The minimum atomic E-state index is -1.69. The summed E-state index contributed by atoms with van der Waals surface area (Å²) in [6.45, 7) is 3.41. The summed E-state index contributed by atoms with van der Waals surface area (Å²) in [5, 5.41) is 23.7. The van der Waals surface area contributed by atoms with Crippen LogP contribution in [0.4, 0.5) is 0 Å². The summed E-state index contributed by atoms with van der Waals surface area (Å²) >= 11 is 0. The molecule has 0 radical (unpaired) electrons. The number of rotatable bonds is 20. The highest BCUT2D eigenvalue weighted by atomic mass is 16.4. The predicted molar refractivity (Wildman–Crippen MR) is 130 cm³/mol. The molecule has 0 saturated carbocycles. The number of primary amides is 1. The van der Waals surface area contributed by atoms with Crippen LogP contribution in [0, 0.1) is 0 Å². The van der Waals surface area contributed by atoms with Crippen LogP contribution in [0.25, 0.3) is 0 Å². The van der Waals surface area contributed by atoms with Crippen molar-refractivity contribution in [3.05, 3.63) is 0 Å². The van der Waals surface area contributed by atoms with E-state index in [-0.39, 0.29) is 36.9 Å². The second-order valence-electron chi connectivity index (χ2n) is 8.71. The fourth-order valence-corrected chi connectivity index (χ4v) is 3.25. The first kappa shape index (κ1) is 30.8. The van der Waals surface area contributed by atoms with Crippen molar-refractivity contribution in [1.82, 2.24) is 15.9 Å². The van der Waals surface area contributed by atoms with Gasteiger partial charge in [-0.05, 0) is 39.0 Å². The van der Waals surface area contributed by atoms with Gasteiger partial charge in [0.15, 0.2) is 1.41 Å². The van der Waals surface area contributed by atoms with E-state index < -0.39 is 66.7 Å². The Morgan fingerprint density at radius 3 is 1.94 bits per heavy atom. The van der Waals surface area contributed by atoms with Gasteiger partial charge in [0.2, 0.25) is 23.6 Å². The maximum absolute atomic E-state index is 12.5. The van der Waals surface area contributed by atoms with Gasteiger partial charge in [0.1, 0.15) is 18.1 Å². The lowest BCUT2D eigenvalue weighted by Gasteiger charge is -2.19. The van der Waals surface area contributed by atoms with Crippen molar-refractivity contribution in [2.24, 2.45) is 11.5 Å². The number of aliphatic carboxylic acids is 2. The van der Waals surface area contributed by atoms with Crippen LogP contribution in [-0.2, 0) is 28.8 Å². The molecule has 0 bridgehead atoms. The molecule has 0 aliphatic rings. The van der Waals surface area contributed by atoms with Crippen LogP contribution in [0.3, 0.4) is 0 Å². The molecule has 0 aliphatic heterocycles. The van der Waals surface area contributed by atoms with Gasteiger partial charge in [-0.1, -0.05) is 32.6 Å². The van der Waals surface area contributed by atoms with Gasteiger partial charge in [-0.3, -0.25) is 19.2 Å². The average Bonchev–Trinajstić information content (AvgIpc) is 2.82. The van der Waals surface area contributed by atoms with Crippen molar-refractivity contribution in [1.29, 1.82) is 0 Å². The SMILES string of the molecule is [2H]N(C(=O)[C@H](C)NC(=O)CCCCCCC)[C@H](CCC(=O)NC(CCCC(N)C(N)=O)C(=O)O)C(=O)O. The number of hydrogen-bond acceptors (Lipinski definition) is 7. The number of amides is 4. The molecule has 4 amide bonds. The lowest BCUT2D eigenvalue weighted by atomic mass is 10.0. The van der Waals surface area contributed by atoms with E-state index in [1.165, 1.54) is 6.92 Å². The summed E-state index contributed by atoms with van der Waals surface area (Å²) in [5.74, 6) is -5.72. The standard InChI is InChI=1S/C23H41N5O8/c1-3-4-5-6-7-11-18(29)26-14(2)21(32)28-17(23(35)36)12-13-19(30)27-16(22(33)34)10-8-9-15(24)20(25)31/h14-17H,3-13,24H2,1-2H3,(H2,25,31)(H,26,29)(H,27,30)(H,28,32)(H,33,34)(H,35,36)/t14-,15?,16?,17+/m0/s1/i/hD. The molecule has 36 heavy (non-hydrogen) atoms. The second kappa shape index (κ2) is 18.1. The third-order valence-electron chi connectivity index (χ3n) is 5.47.